The van der Waals surface area contributed by atoms with Gasteiger partial charge in [-0.25, -0.2) is 17.9 Å². The van der Waals surface area contributed by atoms with Crippen molar-refractivity contribution >= 4 is 26.9 Å². The van der Waals surface area contributed by atoms with Gasteiger partial charge in [-0.15, -0.1) is 13.2 Å². The first-order chi connectivity index (χ1) is 13.1. The Balaban J connectivity index is 1.91. The molecule has 0 atom stereocenters. The molecule has 3 aromatic rings. The van der Waals surface area contributed by atoms with E-state index in [0.29, 0.717) is 16.8 Å². The molecule has 2 aromatic heterocycles. The summed E-state index contributed by atoms with van der Waals surface area (Å²) < 4.78 is 69.2. The van der Waals surface area contributed by atoms with E-state index in [9.17, 15) is 21.6 Å². The van der Waals surface area contributed by atoms with Gasteiger partial charge in [0.15, 0.2) is 5.82 Å². The molecule has 3 rings (SSSR count). The number of benzene rings is 1. The fourth-order valence-corrected chi connectivity index (χ4v) is 3.39. The van der Waals surface area contributed by atoms with Crippen molar-refractivity contribution in [2.75, 3.05) is 4.72 Å². The molecular weight excluding hydrogens is 397 g/mol. The fourth-order valence-electron chi connectivity index (χ4n) is 2.37. The molecule has 28 heavy (non-hydrogen) atoms. The van der Waals surface area contributed by atoms with Crippen LogP contribution in [0.25, 0.3) is 11.1 Å². The number of ether oxygens (including phenoxy) is 1. The van der Waals surface area contributed by atoms with Crippen LogP contribution in [0.2, 0.25) is 0 Å². The number of halogens is 3. The number of rotatable bonds is 6. The highest BCUT2D eigenvalue weighted by Crippen LogP contribution is 2.26. The summed E-state index contributed by atoms with van der Waals surface area (Å²) in [7, 11) is -4.11. The zero-order valence-corrected chi connectivity index (χ0v) is 15.0. The Labute approximate surface area is 157 Å². The average molecular weight is 410 g/mol. The van der Waals surface area contributed by atoms with Crippen molar-refractivity contribution in [3.63, 3.8) is 0 Å². The molecule has 0 unspecified atom stereocenters. The third-order valence-electron chi connectivity index (χ3n) is 3.63. The standard InChI is InChI=1S/C17H13F3N4O3S/c1-3-11(2)14-8-9-15-16(21-10-22-24(14)15)23-28(25,26)13-6-4-12(5-7-13)27-17(18,19)20/h3-10H,1-2H2,(H,21,22,23). The Morgan fingerprint density at radius 2 is 1.86 bits per heavy atom. The summed E-state index contributed by atoms with van der Waals surface area (Å²) in [6.07, 6.45) is -2.18. The van der Waals surface area contributed by atoms with E-state index < -0.39 is 22.1 Å². The number of nitrogens with one attached hydrogen (secondary N) is 1. The molecule has 0 saturated carbocycles. The van der Waals surface area contributed by atoms with Crippen LogP contribution >= 0.6 is 0 Å². The topological polar surface area (TPSA) is 85.6 Å². The van der Waals surface area contributed by atoms with Gasteiger partial charge in [0, 0.05) is 0 Å². The lowest BCUT2D eigenvalue weighted by atomic mass is 10.2. The number of hydrogen-bond acceptors (Lipinski definition) is 5. The van der Waals surface area contributed by atoms with Gasteiger partial charge in [-0.2, -0.15) is 5.10 Å². The number of sulfonamides is 1. The lowest BCUT2D eigenvalue weighted by molar-refractivity contribution is -0.274. The molecule has 1 aromatic carbocycles. The van der Waals surface area contributed by atoms with Gasteiger partial charge in [-0.3, -0.25) is 4.72 Å². The highest BCUT2D eigenvalue weighted by molar-refractivity contribution is 7.92. The monoisotopic (exact) mass is 410 g/mol. The van der Waals surface area contributed by atoms with Crippen LogP contribution in [0.3, 0.4) is 0 Å². The number of aromatic nitrogens is 3. The molecule has 0 aliphatic carbocycles. The van der Waals surface area contributed by atoms with Crippen molar-refractivity contribution in [2.45, 2.75) is 11.3 Å². The predicted octanol–water partition coefficient (Wildman–Crippen LogP) is 3.63. The van der Waals surface area contributed by atoms with Crippen molar-refractivity contribution in [3.05, 3.63) is 67.7 Å². The second kappa shape index (κ2) is 7.00. The van der Waals surface area contributed by atoms with Crippen LogP contribution in [-0.4, -0.2) is 29.4 Å². The lowest BCUT2D eigenvalue weighted by Gasteiger charge is -2.11. The Morgan fingerprint density at radius 3 is 2.46 bits per heavy atom. The van der Waals surface area contributed by atoms with Crippen molar-refractivity contribution in [1.82, 2.24) is 14.6 Å². The number of anilines is 1. The van der Waals surface area contributed by atoms with Crippen LogP contribution < -0.4 is 9.46 Å². The molecule has 7 nitrogen and oxygen atoms in total. The minimum absolute atomic E-state index is 0.00581. The smallest absolute Gasteiger partial charge is 0.406 e. The van der Waals surface area contributed by atoms with Gasteiger partial charge in [-0.05, 0) is 42.0 Å². The fraction of sp³-hybridized carbons (Fsp3) is 0.0588. The average Bonchev–Trinajstić information content (AvgIpc) is 3.05. The highest BCUT2D eigenvalue weighted by atomic mass is 32.2. The minimum atomic E-state index is -4.87. The van der Waals surface area contributed by atoms with E-state index >= 15 is 0 Å². The van der Waals surface area contributed by atoms with Crippen LogP contribution in [-0.2, 0) is 10.0 Å². The number of allylic oxidation sites excluding steroid dienone is 2. The molecule has 146 valence electrons. The quantitative estimate of drug-likeness (QED) is 0.628. The zero-order chi connectivity index (χ0) is 20.5. The summed E-state index contributed by atoms with van der Waals surface area (Å²) in [6, 6.07) is 7.06. The molecule has 0 radical (unpaired) electrons. The van der Waals surface area contributed by atoms with E-state index in [1.165, 1.54) is 10.6 Å². The molecule has 2 heterocycles. The molecule has 11 heteroatoms. The maximum Gasteiger partial charge on any atom is 0.573 e. The summed E-state index contributed by atoms with van der Waals surface area (Å²) in [4.78, 5) is 3.67. The highest BCUT2D eigenvalue weighted by Gasteiger charge is 2.31. The van der Waals surface area contributed by atoms with Gasteiger partial charge in [0.2, 0.25) is 0 Å². The SMILES string of the molecule is C=CC(=C)c1ccc2c(NS(=O)(=O)c3ccc(OC(F)(F)F)cc3)ncnn12. The van der Waals surface area contributed by atoms with E-state index in [1.54, 1.807) is 12.1 Å². The van der Waals surface area contributed by atoms with Gasteiger partial charge in [-0.1, -0.05) is 19.2 Å². The second-order valence-electron chi connectivity index (χ2n) is 5.48. The minimum Gasteiger partial charge on any atom is -0.406 e. The first-order valence-electron chi connectivity index (χ1n) is 7.64. The Morgan fingerprint density at radius 1 is 1.18 bits per heavy atom. The predicted molar refractivity (Wildman–Crippen MR) is 96.2 cm³/mol. The maximum atomic E-state index is 12.6. The number of fused-ring (bicyclic) bond motifs is 1. The number of hydrogen-bond donors (Lipinski definition) is 1. The van der Waals surface area contributed by atoms with Gasteiger partial charge in [0.05, 0.1) is 10.6 Å². The Kier molecular flexibility index (Phi) is 4.86. The van der Waals surface area contributed by atoms with Crippen LogP contribution in [0, 0.1) is 0 Å². The van der Waals surface area contributed by atoms with Crippen LogP contribution in [0.15, 0.2) is 66.9 Å². The molecule has 0 bridgehead atoms. The van der Waals surface area contributed by atoms with E-state index in [0.717, 1.165) is 30.6 Å². The number of alkyl halides is 3. The Bertz CT molecular complexity index is 1150. The molecule has 0 saturated heterocycles. The normalized spacial score (nSPS) is 12.0. The van der Waals surface area contributed by atoms with Gasteiger partial charge < -0.3 is 4.74 Å². The summed E-state index contributed by atoms with van der Waals surface area (Å²) in [5.74, 6) is -0.538. The molecule has 0 fully saturated rings. The summed E-state index contributed by atoms with van der Waals surface area (Å²) in [5, 5.41) is 4.06. The summed E-state index contributed by atoms with van der Waals surface area (Å²) in [6.45, 7) is 7.45. The van der Waals surface area contributed by atoms with Crippen LogP contribution in [0.1, 0.15) is 5.69 Å². The Hall–Kier alpha value is -3.34. The van der Waals surface area contributed by atoms with Crippen LogP contribution in [0.4, 0.5) is 19.0 Å². The molecular formula is C17H13F3N4O3S. The first kappa shape index (κ1) is 19.4. The van der Waals surface area contributed by atoms with Crippen LogP contribution in [0.5, 0.6) is 5.75 Å². The number of nitrogens with zero attached hydrogens (tertiary/aromatic N) is 3. The van der Waals surface area contributed by atoms with Crippen molar-refractivity contribution in [3.8, 4) is 5.75 Å². The van der Waals surface area contributed by atoms with Crippen molar-refractivity contribution < 1.29 is 26.3 Å². The van der Waals surface area contributed by atoms with Gasteiger partial charge >= 0.3 is 6.36 Å². The molecule has 0 aliphatic heterocycles. The molecule has 1 N–H and O–H groups in total. The van der Waals surface area contributed by atoms with E-state index in [1.807, 2.05) is 0 Å². The van der Waals surface area contributed by atoms with E-state index in [4.69, 9.17) is 0 Å². The van der Waals surface area contributed by atoms with Crippen molar-refractivity contribution in [1.29, 1.82) is 0 Å². The van der Waals surface area contributed by atoms with E-state index in [2.05, 4.69) is 32.7 Å². The maximum absolute atomic E-state index is 12.6. The lowest BCUT2D eigenvalue weighted by Crippen LogP contribution is -2.18. The van der Waals surface area contributed by atoms with Crippen molar-refractivity contribution in [2.24, 2.45) is 0 Å². The summed E-state index contributed by atoms with van der Waals surface area (Å²) in [5.41, 5.74) is 1.54. The molecule has 0 aliphatic rings. The molecule has 0 spiro atoms. The van der Waals surface area contributed by atoms with E-state index in [-0.39, 0.29) is 10.7 Å². The second-order valence-corrected chi connectivity index (χ2v) is 7.16. The largest absolute Gasteiger partial charge is 0.573 e. The third kappa shape index (κ3) is 3.98. The zero-order valence-electron chi connectivity index (χ0n) is 14.1. The molecule has 0 amide bonds. The van der Waals surface area contributed by atoms with Gasteiger partial charge in [0.1, 0.15) is 17.6 Å². The first-order valence-corrected chi connectivity index (χ1v) is 9.12. The summed E-state index contributed by atoms with van der Waals surface area (Å²) >= 11 is 0. The van der Waals surface area contributed by atoms with Gasteiger partial charge in [0.25, 0.3) is 10.0 Å². The third-order valence-corrected chi connectivity index (χ3v) is 4.98.